The molecule has 0 aromatic carbocycles. The lowest BCUT2D eigenvalue weighted by molar-refractivity contribution is 0.302. The number of hydrogen-bond acceptors (Lipinski definition) is 1. The highest BCUT2D eigenvalue weighted by atomic mass is 16.5. The summed E-state index contributed by atoms with van der Waals surface area (Å²) in [6, 6.07) is 0. The van der Waals surface area contributed by atoms with Gasteiger partial charge in [0.1, 0.15) is 5.76 Å². The molecular formula is C9H16O. The molecule has 0 atom stereocenters. The van der Waals surface area contributed by atoms with Crippen LogP contribution in [0.1, 0.15) is 27.2 Å². The molecule has 0 aliphatic rings. The van der Waals surface area contributed by atoms with Gasteiger partial charge in [0.25, 0.3) is 0 Å². The van der Waals surface area contributed by atoms with Crippen molar-refractivity contribution in [3.63, 3.8) is 0 Å². The second-order valence-electron chi connectivity index (χ2n) is 2.39. The molecule has 0 heterocycles. The van der Waals surface area contributed by atoms with E-state index in [1.165, 1.54) is 11.1 Å². The second kappa shape index (κ2) is 4.15. The van der Waals surface area contributed by atoms with Crippen LogP contribution in [-0.4, -0.2) is 7.11 Å². The molecule has 0 radical (unpaired) electrons. The quantitative estimate of drug-likeness (QED) is 0.432. The lowest BCUT2D eigenvalue weighted by atomic mass is 10.1. The minimum Gasteiger partial charge on any atom is -0.497 e. The highest BCUT2D eigenvalue weighted by Crippen LogP contribution is 2.14. The lowest BCUT2D eigenvalue weighted by Crippen LogP contribution is -1.89. The zero-order chi connectivity index (χ0) is 8.15. The van der Waals surface area contributed by atoms with Gasteiger partial charge >= 0.3 is 0 Å². The van der Waals surface area contributed by atoms with Crippen LogP contribution in [0.15, 0.2) is 23.5 Å². The molecule has 0 aliphatic heterocycles. The third kappa shape index (κ3) is 2.26. The smallest absolute Gasteiger partial charge is 0.114 e. The summed E-state index contributed by atoms with van der Waals surface area (Å²) in [6.07, 6.45) is 1.06. The van der Waals surface area contributed by atoms with E-state index < -0.39 is 0 Å². The Labute approximate surface area is 63.4 Å². The Morgan fingerprint density at radius 2 is 1.90 bits per heavy atom. The molecule has 0 saturated heterocycles. The summed E-state index contributed by atoms with van der Waals surface area (Å²) >= 11 is 0. The van der Waals surface area contributed by atoms with Crippen molar-refractivity contribution < 1.29 is 4.74 Å². The summed E-state index contributed by atoms with van der Waals surface area (Å²) in [4.78, 5) is 0. The number of hydrogen-bond donors (Lipinski definition) is 0. The zero-order valence-electron chi connectivity index (χ0n) is 7.32. The Morgan fingerprint density at radius 1 is 1.40 bits per heavy atom. The van der Waals surface area contributed by atoms with Crippen LogP contribution < -0.4 is 0 Å². The fraction of sp³-hybridized carbons (Fsp3) is 0.556. The Bertz CT molecular complexity index is 154. The predicted octanol–water partition coefficient (Wildman–Crippen LogP) is 2.89. The summed E-state index contributed by atoms with van der Waals surface area (Å²) in [7, 11) is 1.65. The van der Waals surface area contributed by atoms with Crippen molar-refractivity contribution in [2.24, 2.45) is 0 Å². The molecule has 0 aliphatic carbocycles. The van der Waals surface area contributed by atoms with Gasteiger partial charge in [-0.15, -0.1) is 0 Å². The predicted molar refractivity (Wildman–Crippen MR) is 44.8 cm³/mol. The molecule has 58 valence electrons. The molecular weight excluding hydrogens is 124 g/mol. The summed E-state index contributed by atoms with van der Waals surface area (Å²) < 4.78 is 4.98. The van der Waals surface area contributed by atoms with E-state index in [2.05, 4.69) is 20.4 Å². The highest BCUT2D eigenvalue weighted by molar-refractivity contribution is 5.25. The third-order valence-electron chi connectivity index (χ3n) is 1.84. The summed E-state index contributed by atoms with van der Waals surface area (Å²) in [6.45, 7) is 10.0. The summed E-state index contributed by atoms with van der Waals surface area (Å²) in [5.74, 6) is 0.777. The first kappa shape index (κ1) is 9.28. The highest BCUT2D eigenvalue weighted by Gasteiger charge is 1.98. The summed E-state index contributed by atoms with van der Waals surface area (Å²) in [5, 5.41) is 0. The molecule has 0 saturated carbocycles. The average molecular weight is 140 g/mol. The molecule has 0 amide bonds. The summed E-state index contributed by atoms with van der Waals surface area (Å²) in [5.41, 5.74) is 2.51. The van der Waals surface area contributed by atoms with E-state index in [9.17, 15) is 0 Å². The van der Waals surface area contributed by atoms with Crippen molar-refractivity contribution in [3.05, 3.63) is 23.5 Å². The number of ether oxygens (including phenoxy) is 1. The Kier molecular flexibility index (Phi) is 3.85. The first-order chi connectivity index (χ1) is 4.63. The van der Waals surface area contributed by atoms with Gasteiger partial charge in [0.15, 0.2) is 0 Å². The van der Waals surface area contributed by atoms with Crippen molar-refractivity contribution in [1.29, 1.82) is 0 Å². The van der Waals surface area contributed by atoms with E-state index in [0.717, 1.165) is 12.2 Å². The molecule has 0 fully saturated rings. The molecule has 10 heavy (non-hydrogen) atoms. The Hall–Kier alpha value is -0.720. The number of rotatable bonds is 3. The van der Waals surface area contributed by atoms with Crippen LogP contribution in [0.3, 0.4) is 0 Å². The molecule has 1 heteroatoms. The number of methoxy groups -OCH3 is 1. The third-order valence-corrected chi connectivity index (χ3v) is 1.84. The van der Waals surface area contributed by atoms with E-state index in [0.29, 0.717) is 0 Å². The first-order valence-corrected chi connectivity index (χ1v) is 3.53. The lowest BCUT2D eigenvalue weighted by Gasteiger charge is -2.06. The SMILES string of the molecule is C=C(OC)/C(C)=C(/C)CC. The standard InChI is InChI=1S/C9H16O/c1-6-7(2)8(3)9(4)10-5/h4,6H2,1-3,5H3/b8-7-. The maximum absolute atomic E-state index is 4.98. The fourth-order valence-corrected chi connectivity index (χ4v) is 0.656. The molecule has 0 rings (SSSR count). The first-order valence-electron chi connectivity index (χ1n) is 3.53. The van der Waals surface area contributed by atoms with Gasteiger partial charge in [-0.05, 0) is 25.8 Å². The van der Waals surface area contributed by atoms with Crippen molar-refractivity contribution in [1.82, 2.24) is 0 Å². The van der Waals surface area contributed by atoms with Gasteiger partial charge < -0.3 is 4.74 Å². The van der Waals surface area contributed by atoms with Gasteiger partial charge in [-0.2, -0.15) is 0 Å². The topological polar surface area (TPSA) is 9.23 Å². The van der Waals surface area contributed by atoms with E-state index >= 15 is 0 Å². The van der Waals surface area contributed by atoms with Crippen LogP contribution in [-0.2, 0) is 4.74 Å². The van der Waals surface area contributed by atoms with Crippen LogP contribution in [0.25, 0.3) is 0 Å². The second-order valence-corrected chi connectivity index (χ2v) is 2.39. The molecule has 1 nitrogen and oxygen atoms in total. The average Bonchev–Trinajstić information content (AvgIpc) is 2.00. The maximum Gasteiger partial charge on any atom is 0.114 e. The van der Waals surface area contributed by atoms with E-state index in [-0.39, 0.29) is 0 Å². The monoisotopic (exact) mass is 140 g/mol. The van der Waals surface area contributed by atoms with Crippen molar-refractivity contribution in [2.45, 2.75) is 27.2 Å². The van der Waals surface area contributed by atoms with E-state index in [4.69, 9.17) is 4.74 Å². The molecule has 0 unspecified atom stereocenters. The maximum atomic E-state index is 4.98. The van der Waals surface area contributed by atoms with Gasteiger partial charge in [0, 0.05) is 0 Å². The molecule has 0 bridgehead atoms. The molecule has 0 spiro atoms. The van der Waals surface area contributed by atoms with Gasteiger partial charge in [-0.3, -0.25) is 0 Å². The largest absolute Gasteiger partial charge is 0.497 e. The number of allylic oxidation sites excluding steroid dienone is 2. The van der Waals surface area contributed by atoms with Crippen LogP contribution in [0.2, 0.25) is 0 Å². The minimum absolute atomic E-state index is 0.777. The van der Waals surface area contributed by atoms with E-state index in [1.54, 1.807) is 7.11 Å². The van der Waals surface area contributed by atoms with Crippen LogP contribution in [0.5, 0.6) is 0 Å². The van der Waals surface area contributed by atoms with Crippen LogP contribution in [0, 0.1) is 0 Å². The molecule has 0 aromatic heterocycles. The van der Waals surface area contributed by atoms with Crippen LogP contribution in [0.4, 0.5) is 0 Å². The van der Waals surface area contributed by atoms with Crippen molar-refractivity contribution in [2.75, 3.05) is 7.11 Å². The van der Waals surface area contributed by atoms with Gasteiger partial charge in [0.05, 0.1) is 7.11 Å². The Morgan fingerprint density at radius 3 is 2.20 bits per heavy atom. The Balaban J connectivity index is 4.30. The van der Waals surface area contributed by atoms with Crippen molar-refractivity contribution in [3.8, 4) is 0 Å². The normalized spacial score (nSPS) is 12.4. The minimum atomic E-state index is 0.777. The molecule has 0 aromatic rings. The van der Waals surface area contributed by atoms with Gasteiger partial charge in [0.2, 0.25) is 0 Å². The zero-order valence-corrected chi connectivity index (χ0v) is 7.32. The fourth-order valence-electron chi connectivity index (χ4n) is 0.656. The van der Waals surface area contributed by atoms with Gasteiger partial charge in [-0.25, -0.2) is 0 Å². The van der Waals surface area contributed by atoms with Crippen LogP contribution >= 0.6 is 0 Å². The van der Waals surface area contributed by atoms with Crippen molar-refractivity contribution >= 4 is 0 Å². The van der Waals surface area contributed by atoms with Gasteiger partial charge in [-0.1, -0.05) is 19.1 Å². The molecule has 0 N–H and O–H groups in total. The van der Waals surface area contributed by atoms with E-state index in [1.807, 2.05) is 6.92 Å².